The number of anilines is 1. The van der Waals surface area contributed by atoms with Gasteiger partial charge in [-0.05, 0) is 25.2 Å². The molecule has 1 N–H and O–H groups in total. The van der Waals surface area contributed by atoms with Gasteiger partial charge in [0.15, 0.2) is 0 Å². The van der Waals surface area contributed by atoms with Gasteiger partial charge in [0.25, 0.3) is 0 Å². The Kier molecular flexibility index (Phi) is 6.56. The maximum Gasteiger partial charge on any atom is 0.138 e. The molecule has 1 atom stereocenters. The number of nitrogens with zero attached hydrogens (tertiary/aromatic N) is 2. The van der Waals surface area contributed by atoms with Gasteiger partial charge in [-0.1, -0.05) is 52.1 Å². The first-order chi connectivity index (χ1) is 8.91. The monoisotopic (exact) mass is 283 g/mol. The quantitative estimate of drug-likeness (QED) is 0.725. The van der Waals surface area contributed by atoms with Gasteiger partial charge in [0, 0.05) is 11.6 Å². The average molecular weight is 284 g/mol. The topological polar surface area (TPSA) is 37.8 Å². The van der Waals surface area contributed by atoms with E-state index in [1.54, 1.807) is 0 Å². The van der Waals surface area contributed by atoms with E-state index in [0.29, 0.717) is 17.1 Å². The molecule has 0 aromatic carbocycles. The fourth-order valence-corrected chi connectivity index (χ4v) is 2.49. The SMILES string of the molecule is CC(C)CCCC(C)Nc1ncnc(Cl)c1C(C)C. The Morgan fingerprint density at radius 3 is 2.37 bits per heavy atom. The van der Waals surface area contributed by atoms with Crippen molar-refractivity contribution in [1.29, 1.82) is 0 Å². The molecule has 0 aliphatic rings. The fraction of sp³-hybridized carbons (Fsp3) is 0.733. The van der Waals surface area contributed by atoms with Gasteiger partial charge in [-0.2, -0.15) is 0 Å². The molecule has 4 heteroatoms. The molecule has 3 nitrogen and oxygen atoms in total. The molecule has 19 heavy (non-hydrogen) atoms. The van der Waals surface area contributed by atoms with Crippen molar-refractivity contribution in [2.75, 3.05) is 5.32 Å². The molecule has 0 saturated carbocycles. The fourth-order valence-electron chi connectivity index (χ4n) is 2.14. The van der Waals surface area contributed by atoms with Crippen molar-refractivity contribution in [1.82, 2.24) is 9.97 Å². The number of hydrogen-bond donors (Lipinski definition) is 1. The van der Waals surface area contributed by atoms with Crippen LogP contribution in [0.3, 0.4) is 0 Å². The third-order valence-electron chi connectivity index (χ3n) is 3.21. The zero-order valence-corrected chi connectivity index (χ0v) is 13.5. The zero-order chi connectivity index (χ0) is 14.4. The highest BCUT2D eigenvalue weighted by Crippen LogP contribution is 2.28. The zero-order valence-electron chi connectivity index (χ0n) is 12.7. The average Bonchev–Trinajstić information content (AvgIpc) is 2.27. The summed E-state index contributed by atoms with van der Waals surface area (Å²) in [7, 11) is 0. The van der Waals surface area contributed by atoms with E-state index in [0.717, 1.165) is 23.7 Å². The molecule has 1 rings (SSSR count). The molecule has 1 heterocycles. The summed E-state index contributed by atoms with van der Waals surface area (Å²) in [5.74, 6) is 1.97. The highest BCUT2D eigenvalue weighted by Gasteiger charge is 2.15. The first-order valence-corrected chi connectivity index (χ1v) is 7.56. The van der Waals surface area contributed by atoms with E-state index in [9.17, 15) is 0 Å². The lowest BCUT2D eigenvalue weighted by molar-refractivity contribution is 0.519. The van der Waals surface area contributed by atoms with Gasteiger partial charge >= 0.3 is 0 Å². The Hall–Kier alpha value is -0.830. The number of hydrogen-bond acceptors (Lipinski definition) is 3. The summed E-state index contributed by atoms with van der Waals surface area (Å²) in [6.07, 6.45) is 5.18. The van der Waals surface area contributed by atoms with Gasteiger partial charge in [-0.25, -0.2) is 9.97 Å². The molecule has 0 bridgehead atoms. The van der Waals surface area contributed by atoms with Crippen LogP contribution in [0.5, 0.6) is 0 Å². The first-order valence-electron chi connectivity index (χ1n) is 7.18. The second-order valence-corrected chi connectivity index (χ2v) is 6.31. The Morgan fingerprint density at radius 2 is 1.79 bits per heavy atom. The molecule has 108 valence electrons. The largest absolute Gasteiger partial charge is 0.367 e. The van der Waals surface area contributed by atoms with E-state index < -0.39 is 0 Å². The Balaban J connectivity index is 2.63. The molecule has 1 aromatic rings. The van der Waals surface area contributed by atoms with Crippen molar-refractivity contribution in [2.24, 2.45) is 5.92 Å². The molecular formula is C15H26ClN3. The molecular weight excluding hydrogens is 258 g/mol. The Labute approximate surface area is 122 Å². The second kappa shape index (κ2) is 7.68. The van der Waals surface area contributed by atoms with Gasteiger partial charge in [0.1, 0.15) is 17.3 Å². The maximum atomic E-state index is 6.16. The Morgan fingerprint density at radius 1 is 1.11 bits per heavy atom. The van der Waals surface area contributed by atoms with E-state index in [1.807, 2.05) is 0 Å². The predicted octanol–water partition coefficient (Wildman–Crippen LogP) is 4.88. The molecule has 0 amide bonds. The second-order valence-electron chi connectivity index (χ2n) is 5.95. The Bertz CT molecular complexity index is 391. The summed E-state index contributed by atoms with van der Waals surface area (Å²) in [5, 5.41) is 4.03. The molecule has 0 aliphatic heterocycles. The summed E-state index contributed by atoms with van der Waals surface area (Å²) < 4.78 is 0. The van der Waals surface area contributed by atoms with E-state index in [-0.39, 0.29) is 0 Å². The van der Waals surface area contributed by atoms with Crippen molar-refractivity contribution in [3.05, 3.63) is 17.0 Å². The summed E-state index contributed by atoms with van der Waals surface area (Å²) >= 11 is 6.16. The van der Waals surface area contributed by atoms with Crippen LogP contribution in [-0.2, 0) is 0 Å². The lowest BCUT2D eigenvalue weighted by Crippen LogP contribution is -2.18. The summed E-state index contributed by atoms with van der Waals surface area (Å²) in [6, 6.07) is 0.405. The van der Waals surface area contributed by atoms with E-state index >= 15 is 0 Å². The summed E-state index contributed by atoms with van der Waals surface area (Å²) in [6.45, 7) is 10.9. The minimum atomic E-state index is 0.319. The molecule has 0 saturated heterocycles. The number of aromatic nitrogens is 2. The summed E-state index contributed by atoms with van der Waals surface area (Å²) in [5.41, 5.74) is 1.01. The minimum Gasteiger partial charge on any atom is -0.367 e. The standard InChI is InChI=1S/C15H26ClN3/c1-10(2)7-6-8-12(5)19-15-13(11(3)4)14(16)17-9-18-15/h9-12H,6-8H2,1-5H3,(H,17,18,19). The van der Waals surface area contributed by atoms with Gasteiger partial charge < -0.3 is 5.32 Å². The van der Waals surface area contributed by atoms with Crippen LogP contribution in [0.15, 0.2) is 6.33 Å². The molecule has 0 aliphatic carbocycles. The lowest BCUT2D eigenvalue weighted by atomic mass is 10.0. The highest BCUT2D eigenvalue weighted by atomic mass is 35.5. The van der Waals surface area contributed by atoms with Crippen LogP contribution in [0, 0.1) is 5.92 Å². The van der Waals surface area contributed by atoms with Crippen LogP contribution in [0.2, 0.25) is 5.15 Å². The van der Waals surface area contributed by atoms with E-state index in [1.165, 1.54) is 19.2 Å². The smallest absolute Gasteiger partial charge is 0.138 e. The molecule has 0 spiro atoms. The van der Waals surface area contributed by atoms with E-state index in [4.69, 9.17) is 11.6 Å². The number of halogens is 1. The van der Waals surface area contributed by atoms with Crippen LogP contribution < -0.4 is 5.32 Å². The molecule has 0 fully saturated rings. The molecule has 1 unspecified atom stereocenters. The minimum absolute atomic E-state index is 0.319. The van der Waals surface area contributed by atoms with Crippen molar-refractivity contribution in [3.63, 3.8) is 0 Å². The first kappa shape index (κ1) is 16.2. The van der Waals surface area contributed by atoms with Gasteiger partial charge in [0.2, 0.25) is 0 Å². The third-order valence-corrected chi connectivity index (χ3v) is 3.52. The third kappa shape index (κ3) is 5.35. The van der Waals surface area contributed by atoms with Crippen molar-refractivity contribution in [2.45, 2.75) is 65.8 Å². The number of nitrogens with one attached hydrogen (secondary N) is 1. The highest BCUT2D eigenvalue weighted by molar-refractivity contribution is 6.30. The van der Waals surface area contributed by atoms with Crippen LogP contribution in [0.25, 0.3) is 0 Å². The van der Waals surface area contributed by atoms with Crippen molar-refractivity contribution < 1.29 is 0 Å². The van der Waals surface area contributed by atoms with E-state index in [2.05, 4.69) is 49.9 Å². The predicted molar refractivity (Wildman–Crippen MR) is 82.9 cm³/mol. The molecule has 1 aromatic heterocycles. The van der Waals surface area contributed by atoms with Crippen molar-refractivity contribution >= 4 is 17.4 Å². The van der Waals surface area contributed by atoms with Crippen molar-refractivity contribution in [3.8, 4) is 0 Å². The summed E-state index contributed by atoms with van der Waals surface area (Å²) in [4.78, 5) is 8.41. The maximum absolute atomic E-state index is 6.16. The lowest BCUT2D eigenvalue weighted by Gasteiger charge is -2.19. The normalized spacial score (nSPS) is 13.1. The van der Waals surface area contributed by atoms with Crippen LogP contribution in [0.1, 0.15) is 65.4 Å². The van der Waals surface area contributed by atoms with Crippen LogP contribution >= 0.6 is 11.6 Å². The van der Waals surface area contributed by atoms with Gasteiger partial charge in [-0.15, -0.1) is 0 Å². The van der Waals surface area contributed by atoms with Crippen LogP contribution in [0.4, 0.5) is 5.82 Å². The van der Waals surface area contributed by atoms with Gasteiger partial charge in [0.05, 0.1) is 0 Å². The van der Waals surface area contributed by atoms with Gasteiger partial charge in [-0.3, -0.25) is 0 Å². The number of rotatable bonds is 7. The molecule has 0 radical (unpaired) electrons. The van der Waals surface area contributed by atoms with Crippen LogP contribution in [-0.4, -0.2) is 16.0 Å².